The topological polar surface area (TPSA) is 55.1 Å². The van der Waals surface area contributed by atoms with Crippen molar-refractivity contribution in [2.75, 3.05) is 11.9 Å². The molecule has 1 heterocycles. The van der Waals surface area contributed by atoms with Gasteiger partial charge in [-0.2, -0.15) is 0 Å². The zero-order valence-corrected chi connectivity index (χ0v) is 11.8. The number of carbonyl (C=O) groups excluding carboxylic acids is 1. The van der Waals surface area contributed by atoms with E-state index in [2.05, 4.69) is 5.32 Å². The molecule has 0 unspecified atom stereocenters. The second-order valence-electron chi connectivity index (χ2n) is 5.22. The molecule has 1 aliphatic carbocycles. The quantitative estimate of drug-likeness (QED) is 0.879. The van der Waals surface area contributed by atoms with Gasteiger partial charge in [0.25, 0.3) is 0 Å². The SMILES string of the molecule is Cc1ccsc1NC(=O)C1CCC(CCN)CC1. The van der Waals surface area contributed by atoms with Gasteiger partial charge in [0.2, 0.25) is 5.91 Å². The molecular formula is C14H22N2OS. The van der Waals surface area contributed by atoms with E-state index in [0.29, 0.717) is 0 Å². The van der Waals surface area contributed by atoms with Crippen molar-refractivity contribution in [1.29, 1.82) is 0 Å². The van der Waals surface area contributed by atoms with Crippen molar-refractivity contribution in [3.63, 3.8) is 0 Å². The molecule has 1 aliphatic rings. The molecule has 0 saturated heterocycles. The highest BCUT2D eigenvalue weighted by atomic mass is 32.1. The third kappa shape index (κ3) is 3.33. The van der Waals surface area contributed by atoms with Crippen molar-refractivity contribution in [1.82, 2.24) is 0 Å². The Labute approximate surface area is 113 Å². The molecule has 1 saturated carbocycles. The van der Waals surface area contributed by atoms with Crippen LogP contribution in [0.25, 0.3) is 0 Å². The smallest absolute Gasteiger partial charge is 0.228 e. The van der Waals surface area contributed by atoms with E-state index >= 15 is 0 Å². The Balaban J connectivity index is 1.83. The average molecular weight is 266 g/mol. The Kier molecular flexibility index (Phi) is 4.78. The van der Waals surface area contributed by atoms with Crippen molar-refractivity contribution >= 4 is 22.2 Å². The van der Waals surface area contributed by atoms with Gasteiger partial charge in [0, 0.05) is 5.92 Å². The maximum absolute atomic E-state index is 12.2. The van der Waals surface area contributed by atoms with E-state index in [1.807, 2.05) is 18.4 Å². The van der Waals surface area contributed by atoms with E-state index in [0.717, 1.165) is 55.1 Å². The lowest BCUT2D eigenvalue weighted by atomic mass is 9.80. The largest absolute Gasteiger partial charge is 0.330 e. The summed E-state index contributed by atoms with van der Waals surface area (Å²) in [6.07, 6.45) is 5.44. The van der Waals surface area contributed by atoms with E-state index < -0.39 is 0 Å². The van der Waals surface area contributed by atoms with Crippen LogP contribution in [0.1, 0.15) is 37.7 Å². The maximum Gasteiger partial charge on any atom is 0.228 e. The van der Waals surface area contributed by atoms with E-state index in [-0.39, 0.29) is 11.8 Å². The van der Waals surface area contributed by atoms with Crippen LogP contribution in [-0.2, 0) is 4.79 Å². The lowest BCUT2D eigenvalue weighted by Gasteiger charge is -2.27. The number of rotatable bonds is 4. The molecule has 0 radical (unpaired) electrons. The van der Waals surface area contributed by atoms with Gasteiger partial charge < -0.3 is 11.1 Å². The van der Waals surface area contributed by atoms with E-state index in [1.54, 1.807) is 11.3 Å². The minimum Gasteiger partial charge on any atom is -0.330 e. The molecular weight excluding hydrogens is 244 g/mol. The van der Waals surface area contributed by atoms with Crippen LogP contribution in [0.3, 0.4) is 0 Å². The first-order valence-electron chi connectivity index (χ1n) is 6.75. The number of thiophene rings is 1. The zero-order valence-electron chi connectivity index (χ0n) is 10.9. The highest BCUT2D eigenvalue weighted by Crippen LogP contribution is 2.32. The molecule has 1 fully saturated rings. The Morgan fingerprint density at radius 1 is 1.44 bits per heavy atom. The predicted molar refractivity (Wildman–Crippen MR) is 76.8 cm³/mol. The molecule has 1 aromatic heterocycles. The summed E-state index contributed by atoms with van der Waals surface area (Å²) in [6, 6.07) is 2.04. The number of nitrogens with two attached hydrogens (primary N) is 1. The fourth-order valence-corrected chi connectivity index (χ4v) is 3.49. The molecule has 0 bridgehead atoms. The normalized spacial score (nSPS) is 23.9. The number of anilines is 1. The summed E-state index contributed by atoms with van der Waals surface area (Å²) in [4.78, 5) is 12.2. The summed E-state index contributed by atoms with van der Waals surface area (Å²) in [5.74, 6) is 1.13. The van der Waals surface area contributed by atoms with E-state index in [4.69, 9.17) is 5.73 Å². The molecule has 0 aliphatic heterocycles. The molecule has 1 amide bonds. The minimum atomic E-state index is 0.195. The van der Waals surface area contributed by atoms with Gasteiger partial charge in [0.1, 0.15) is 0 Å². The van der Waals surface area contributed by atoms with Crippen molar-refractivity contribution in [2.24, 2.45) is 17.6 Å². The Morgan fingerprint density at radius 2 is 2.17 bits per heavy atom. The summed E-state index contributed by atoms with van der Waals surface area (Å²) in [5.41, 5.74) is 6.74. The fourth-order valence-electron chi connectivity index (χ4n) is 2.66. The number of hydrogen-bond donors (Lipinski definition) is 2. The summed E-state index contributed by atoms with van der Waals surface area (Å²) >= 11 is 1.60. The van der Waals surface area contributed by atoms with Gasteiger partial charge >= 0.3 is 0 Å². The second kappa shape index (κ2) is 6.34. The minimum absolute atomic E-state index is 0.195. The highest BCUT2D eigenvalue weighted by molar-refractivity contribution is 7.14. The molecule has 100 valence electrons. The molecule has 0 aromatic carbocycles. The van der Waals surface area contributed by atoms with Gasteiger partial charge in [-0.3, -0.25) is 4.79 Å². The zero-order chi connectivity index (χ0) is 13.0. The van der Waals surface area contributed by atoms with Gasteiger partial charge in [-0.15, -0.1) is 11.3 Å². The Morgan fingerprint density at radius 3 is 2.72 bits per heavy atom. The van der Waals surface area contributed by atoms with Crippen molar-refractivity contribution in [3.8, 4) is 0 Å². The first-order valence-corrected chi connectivity index (χ1v) is 7.63. The second-order valence-corrected chi connectivity index (χ2v) is 6.13. The number of carbonyl (C=O) groups is 1. The lowest BCUT2D eigenvalue weighted by molar-refractivity contribution is -0.121. The molecule has 4 heteroatoms. The van der Waals surface area contributed by atoms with Crippen LogP contribution < -0.4 is 11.1 Å². The number of hydrogen-bond acceptors (Lipinski definition) is 3. The molecule has 2 rings (SSSR count). The van der Waals surface area contributed by atoms with Gasteiger partial charge in [-0.05, 0) is 68.5 Å². The van der Waals surface area contributed by atoms with Gasteiger partial charge in [-0.25, -0.2) is 0 Å². The molecule has 3 nitrogen and oxygen atoms in total. The van der Waals surface area contributed by atoms with Crippen molar-refractivity contribution in [3.05, 3.63) is 17.0 Å². The number of nitrogens with one attached hydrogen (secondary N) is 1. The van der Waals surface area contributed by atoms with Gasteiger partial charge in [0.15, 0.2) is 0 Å². The molecule has 1 aromatic rings. The summed E-state index contributed by atoms with van der Waals surface area (Å²) < 4.78 is 0. The summed E-state index contributed by atoms with van der Waals surface area (Å²) in [6.45, 7) is 2.81. The van der Waals surface area contributed by atoms with Crippen LogP contribution in [0.2, 0.25) is 0 Å². The van der Waals surface area contributed by atoms with Crippen molar-refractivity contribution < 1.29 is 4.79 Å². The number of amides is 1. The lowest BCUT2D eigenvalue weighted by Crippen LogP contribution is -2.27. The monoisotopic (exact) mass is 266 g/mol. The molecule has 0 atom stereocenters. The summed E-state index contributed by atoms with van der Waals surface area (Å²) in [7, 11) is 0. The third-order valence-corrected chi connectivity index (χ3v) is 4.82. The highest BCUT2D eigenvalue weighted by Gasteiger charge is 2.26. The Bertz CT molecular complexity index is 394. The predicted octanol–water partition coefficient (Wildman–Crippen LogP) is 3.15. The van der Waals surface area contributed by atoms with Crippen molar-refractivity contribution in [2.45, 2.75) is 39.0 Å². The van der Waals surface area contributed by atoms with Gasteiger partial charge in [-0.1, -0.05) is 0 Å². The number of aryl methyl sites for hydroxylation is 1. The van der Waals surface area contributed by atoms with Crippen LogP contribution in [0.15, 0.2) is 11.4 Å². The van der Waals surface area contributed by atoms with Crippen LogP contribution >= 0.6 is 11.3 Å². The Hall–Kier alpha value is -0.870. The van der Waals surface area contributed by atoms with Crippen LogP contribution in [-0.4, -0.2) is 12.5 Å². The first-order chi connectivity index (χ1) is 8.70. The van der Waals surface area contributed by atoms with E-state index in [9.17, 15) is 4.79 Å². The standard InChI is InChI=1S/C14H22N2OS/c1-10-7-9-18-14(10)16-13(17)12-4-2-11(3-5-12)6-8-15/h7,9,11-12H,2-6,8,15H2,1H3,(H,16,17). The van der Waals surface area contributed by atoms with Crippen LogP contribution in [0, 0.1) is 18.8 Å². The molecule has 3 N–H and O–H groups in total. The average Bonchev–Trinajstić information content (AvgIpc) is 2.76. The van der Waals surface area contributed by atoms with E-state index in [1.165, 1.54) is 0 Å². The third-order valence-electron chi connectivity index (χ3n) is 3.89. The van der Waals surface area contributed by atoms with Crippen LogP contribution in [0.5, 0.6) is 0 Å². The summed E-state index contributed by atoms with van der Waals surface area (Å²) in [5, 5.41) is 6.08. The first kappa shape index (κ1) is 13.6. The van der Waals surface area contributed by atoms with Crippen LogP contribution in [0.4, 0.5) is 5.00 Å². The fraction of sp³-hybridized carbons (Fsp3) is 0.643. The molecule has 18 heavy (non-hydrogen) atoms. The molecule has 0 spiro atoms. The maximum atomic E-state index is 12.2. The van der Waals surface area contributed by atoms with Gasteiger partial charge in [0.05, 0.1) is 5.00 Å².